The molecule has 1 fully saturated rings. The SMILES string of the molecule is C[C@@H](CCc1ccc(O)cc1)N1CCCCC1. The predicted octanol–water partition coefficient (Wildman–Crippen LogP) is 3.20. The molecule has 1 saturated heterocycles. The van der Waals surface area contributed by atoms with Gasteiger partial charge >= 0.3 is 0 Å². The van der Waals surface area contributed by atoms with Crippen LogP contribution in [0.5, 0.6) is 5.75 Å². The van der Waals surface area contributed by atoms with Crippen LogP contribution in [0.3, 0.4) is 0 Å². The first kappa shape index (κ1) is 12.4. The standard InChI is InChI=1S/C15H23NO/c1-13(16-11-3-2-4-12-16)5-6-14-7-9-15(17)10-8-14/h7-10,13,17H,2-6,11-12H2,1H3/t13-/m0/s1. The van der Waals surface area contributed by atoms with Crippen molar-refractivity contribution >= 4 is 0 Å². The van der Waals surface area contributed by atoms with Crippen LogP contribution >= 0.6 is 0 Å². The third-order valence-electron chi connectivity index (χ3n) is 3.80. The molecule has 2 heteroatoms. The second-order valence-corrected chi connectivity index (χ2v) is 5.15. The highest BCUT2D eigenvalue weighted by Gasteiger charge is 2.16. The molecular weight excluding hydrogens is 210 g/mol. The molecule has 0 amide bonds. The van der Waals surface area contributed by atoms with E-state index in [0.29, 0.717) is 11.8 Å². The summed E-state index contributed by atoms with van der Waals surface area (Å²) in [5.41, 5.74) is 1.33. The number of phenols is 1. The van der Waals surface area contributed by atoms with Crippen molar-refractivity contribution in [3.8, 4) is 5.75 Å². The third kappa shape index (κ3) is 3.74. The van der Waals surface area contributed by atoms with Crippen molar-refractivity contribution in [3.05, 3.63) is 29.8 Å². The van der Waals surface area contributed by atoms with E-state index in [1.54, 1.807) is 12.1 Å². The lowest BCUT2D eigenvalue weighted by atomic mass is 10.0. The molecule has 1 aliphatic heterocycles. The van der Waals surface area contributed by atoms with Gasteiger partial charge < -0.3 is 10.0 Å². The van der Waals surface area contributed by atoms with Crippen LogP contribution in [0.15, 0.2) is 24.3 Å². The molecule has 1 N–H and O–H groups in total. The first-order valence-corrected chi connectivity index (χ1v) is 6.77. The van der Waals surface area contributed by atoms with Crippen LogP contribution in [0, 0.1) is 0 Å². The second kappa shape index (κ2) is 6.06. The smallest absolute Gasteiger partial charge is 0.115 e. The largest absolute Gasteiger partial charge is 0.508 e. The maximum absolute atomic E-state index is 9.23. The molecule has 17 heavy (non-hydrogen) atoms. The van der Waals surface area contributed by atoms with Gasteiger partial charge in [0.1, 0.15) is 5.75 Å². The van der Waals surface area contributed by atoms with Gasteiger partial charge in [-0.05, 0) is 63.4 Å². The fraction of sp³-hybridized carbons (Fsp3) is 0.600. The molecule has 2 nitrogen and oxygen atoms in total. The van der Waals surface area contributed by atoms with Crippen molar-refractivity contribution in [2.24, 2.45) is 0 Å². The third-order valence-corrected chi connectivity index (χ3v) is 3.80. The van der Waals surface area contributed by atoms with E-state index in [2.05, 4.69) is 11.8 Å². The molecule has 1 aromatic carbocycles. The van der Waals surface area contributed by atoms with Gasteiger partial charge in [0.05, 0.1) is 0 Å². The van der Waals surface area contributed by atoms with Crippen molar-refractivity contribution < 1.29 is 5.11 Å². The van der Waals surface area contributed by atoms with Crippen LogP contribution in [-0.2, 0) is 6.42 Å². The average molecular weight is 233 g/mol. The van der Waals surface area contributed by atoms with Gasteiger partial charge in [-0.15, -0.1) is 0 Å². The normalized spacial score (nSPS) is 19.1. The molecule has 0 saturated carbocycles. The maximum Gasteiger partial charge on any atom is 0.115 e. The van der Waals surface area contributed by atoms with E-state index in [1.807, 2.05) is 12.1 Å². The summed E-state index contributed by atoms with van der Waals surface area (Å²) >= 11 is 0. The first-order valence-electron chi connectivity index (χ1n) is 6.77. The Morgan fingerprint density at radius 3 is 2.41 bits per heavy atom. The predicted molar refractivity (Wildman–Crippen MR) is 71.3 cm³/mol. The molecule has 2 rings (SSSR count). The fourth-order valence-corrected chi connectivity index (χ4v) is 2.58. The summed E-state index contributed by atoms with van der Waals surface area (Å²) in [5, 5.41) is 9.23. The summed E-state index contributed by atoms with van der Waals surface area (Å²) in [5.74, 6) is 0.359. The maximum atomic E-state index is 9.23. The Labute approximate surface area is 104 Å². The Kier molecular flexibility index (Phi) is 4.43. The van der Waals surface area contributed by atoms with Gasteiger partial charge in [-0.1, -0.05) is 18.6 Å². The molecular formula is C15H23NO. The van der Waals surface area contributed by atoms with Crippen LogP contribution < -0.4 is 0 Å². The topological polar surface area (TPSA) is 23.5 Å². The minimum absolute atomic E-state index is 0.359. The lowest BCUT2D eigenvalue weighted by Gasteiger charge is -2.32. The fourth-order valence-electron chi connectivity index (χ4n) is 2.58. The van der Waals surface area contributed by atoms with Crippen LogP contribution in [-0.4, -0.2) is 29.1 Å². The van der Waals surface area contributed by atoms with E-state index >= 15 is 0 Å². The van der Waals surface area contributed by atoms with E-state index in [-0.39, 0.29) is 0 Å². The Morgan fingerprint density at radius 2 is 1.76 bits per heavy atom. The minimum Gasteiger partial charge on any atom is -0.508 e. The zero-order valence-electron chi connectivity index (χ0n) is 10.7. The molecule has 0 spiro atoms. The monoisotopic (exact) mass is 233 g/mol. The van der Waals surface area contributed by atoms with Crippen molar-refractivity contribution in [1.29, 1.82) is 0 Å². The van der Waals surface area contributed by atoms with Crippen LogP contribution in [0.2, 0.25) is 0 Å². The number of hydrogen-bond acceptors (Lipinski definition) is 2. The van der Waals surface area contributed by atoms with Gasteiger partial charge in [0, 0.05) is 6.04 Å². The quantitative estimate of drug-likeness (QED) is 0.863. The lowest BCUT2D eigenvalue weighted by molar-refractivity contribution is 0.167. The van der Waals surface area contributed by atoms with Crippen LogP contribution in [0.1, 0.15) is 38.2 Å². The number of likely N-dealkylation sites (tertiary alicyclic amines) is 1. The molecule has 0 aromatic heterocycles. The molecule has 94 valence electrons. The van der Waals surface area contributed by atoms with Gasteiger partial charge in [0.2, 0.25) is 0 Å². The Balaban J connectivity index is 1.78. The highest BCUT2D eigenvalue weighted by molar-refractivity contribution is 5.25. The van der Waals surface area contributed by atoms with E-state index in [0.717, 1.165) is 6.42 Å². The molecule has 1 heterocycles. The van der Waals surface area contributed by atoms with E-state index in [4.69, 9.17) is 0 Å². The first-order chi connectivity index (χ1) is 8.25. The van der Waals surface area contributed by atoms with E-state index in [1.165, 1.54) is 44.3 Å². The van der Waals surface area contributed by atoms with Crippen molar-refractivity contribution in [2.45, 2.75) is 45.1 Å². The van der Waals surface area contributed by atoms with E-state index in [9.17, 15) is 5.11 Å². The number of rotatable bonds is 4. The molecule has 0 bridgehead atoms. The number of aromatic hydroxyl groups is 1. The molecule has 0 unspecified atom stereocenters. The summed E-state index contributed by atoms with van der Waals surface area (Å²) in [6.07, 6.45) is 6.46. The Bertz CT molecular complexity index is 327. The highest BCUT2D eigenvalue weighted by atomic mass is 16.3. The average Bonchev–Trinajstić information content (AvgIpc) is 2.39. The van der Waals surface area contributed by atoms with Crippen molar-refractivity contribution in [2.75, 3.05) is 13.1 Å². The zero-order valence-corrected chi connectivity index (χ0v) is 10.7. The Hall–Kier alpha value is -1.02. The van der Waals surface area contributed by atoms with Gasteiger partial charge in [-0.3, -0.25) is 0 Å². The molecule has 1 aliphatic rings. The molecule has 0 aliphatic carbocycles. The van der Waals surface area contributed by atoms with Crippen LogP contribution in [0.4, 0.5) is 0 Å². The van der Waals surface area contributed by atoms with Crippen molar-refractivity contribution in [1.82, 2.24) is 4.90 Å². The number of nitrogens with zero attached hydrogens (tertiary/aromatic N) is 1. The summed E-state index contributed by atoms with van der Waals surface area (Å²) in [6, 6.07) is 8.29. The van der Waals surface area contributed by atoms with Gasteiger partial charge in [0.25, 0.3) is 0 Å². The summed E-state index contributed by atoms with van der Waals surface area (Å²) in [7, 11) is 0. The number of phenolic OH excluding ortho intramolecular Hbond substituents is 1. The van der Waals surface area contributed by atoms with Crippen LogP contribution in [0.25, 0.3) is 0 Å². The lowest BCUT2D eigenvalue weighted by Crippen LogP contribution is -2.37. The highest BCUT2D eigenvalue weighted by Crippen LogP contribution is 2.17. The number of benzene rings is 1. The summed E-state index contributed by atoms with van der Waals surface area (Å²) in [6.45, 7) is 4.89. The molecule has 0 radical (unpaired) electrons. The molecule has 1 atom stereocenters. The number of hydrogen-bond donors (Lipinski definition) is 1. The zero-order chi connectivity index (χ0) is 12.1. The van der Waals surface area contributed by atoms with Crippen molar-refractivity contribution in [3.63, 3.8) is 0 Å². The summed E-state index contributed by atoms with van der Waals surface area (Å²) < 4.78 is 0. The van der Waals surface area contributed by atoms with Gasteiger partial charge in [0.15, 0.2) is 0 Å². The molecule has 1 aromatic rings. The number of piperidine rings is 1. The van der Waals surface area contributed by atoms with E-state index < -0.39 is 0 Å². The van der Waals surface area contributed by atoms with Gasteiger partial charge in [-0.25, -0.2) is 0 Å². The Morgan fingerprint density at radius 1 is 1.12 bits per heavy atom. The minimum atomic E-state index is 0.359. The van der Waals surface area contributed by atoms with Gasteiger partial charge in [-0.2, -0.15) is 0 Å². The number of aryl methyl sites for hydroxylation is 1. The second-order valence-electron chi connectivity index (χ2n) is 5.15. The summed E-state index contributed by atoms with van der Waals surface area (Å²) in [4.78, 5) is 2.61.